The molecule has 1 amide bonds. The van der Waals surface area contributed by atoms with Gasteiger partial charge in [0.2, 0.25) is 27.6 Å². The Kier molecular flexibility index (Phi) is 6.82. The minimum absolute atomic E-state index is 0.136. The molecule has 0 radical (unpaired) electrons. The number of piperidine rings is 1. The molecule has 9 nitrogen and oxygen atoms in total. The first-order chi connectivity index (χ1) is 15.8. The van der Waals surface area contributed by atoms with Crippen LogP contribution in [0, 0.1) is 19.8 Å². The van der Waals surface area contributed by atoms with Crippen LogP contribution < -0.4 is 10.1 Å². The van der Waals surface area contributed by atoms with Crippen molar-refractivity contribution in [3.05, 3.63) is 41.1 Å². The quantitative estimate of drug-likeness (QED) is 0.535. The zero-order valence-corrected chi connectivity index (χ0v) is 20.3. The summed E-state index contributed by atoms with van der Waals surface area (Å²) in [5.74, 6) is 0.889. The Morgan fingerprint density at radius 1 is 1.30 bits per heavy atom. The summed E-state index contributed by atoms with van der Waals surface area (Å²) in [4.78, 5) is 18.5. The highest BCUT2D eigenvalue weighted by molar-refractivity contribution is 7.89. The summed E-state index contributed by atoms with van der Waals surface area (Å²) in [6, 6.07) is 8.72. The molecule has 0 unspecified atom stereocenters. The van der Waals surface area contributed by atoms with Crippen LogP contribution in [0.25, 0.3) is 10.7 Å². The Balaban J connectivity index is 1.47. The molecule has 176 valence electrons. The second kappa shape index (κ2) is 9.62. The summed E-state index contributed by atoms with van der Waals surface area (Å²) >= 11 is 1.30. The minimum atomic E-state index is -3.76. The van der Waals surface area contributed by atoms with Gasteiger partial charge in [-0.05, 0) is 57.0 Å². The lowest BCUT2D eigenvalue weighted by atomic mass is 9.99. The van der Waals surface area contributed by atoms with E-state index in [9.17, 15) is 13.2 Å². The van der Waals surface area contributed by atoms with Gasteiger partial charge in [0.15, 0.2) is 0 Å². The first kappa shape index (κ1) is 23.4. The number of aryl methyl sites for hydroxylation is 2. The van der Waals surface area contributed by atoms with Crippen molar-refractivity contribution in [2.45, 2.75) is 38.5 Å². The SMILES string of the molecule is CCOc1ccc(NC(=O)[C@H]2CCCN(S(=O)(=O)c3cc(-c4noc(C)n4)sc3C)C2)cc1. The highest BCUT2D eigenvalue weighted by Crippen LogP contribution is 2.35. The number of carbonyl (C=O) groups excluding carboxylic acids is 1. The van der Waals surface area contributed by atoms with Gasteiger partial charge in [-0.25, -0.2) is 8.42 Å². The summed E-state index contributed by atoms with van der Waals surface area (Å²) in [5, 5.41) is 6.77. The maximum Gasteiger partial charge on any atom is 0.244 e. The molecular weight excluding hydrogens is 464 g/mol. The van der Waals surface area contributed by atoms with Crippen LogP contribution in [0.15, 0.2) is 39.8 Å². The number of hydrogen-bond acceptors (Lipinski definition) is 8. The van der Waals surface area contributed by atoms with E-state index in [0.29, 0.717) is 53.2 Å². The van der Waals surface area contributed by atoms with Crippen LogP contribution in [0.1, 0.15) is 30.5 Å². The summed E-state index contributed by atoms with van der Waals surface area (Å²) < 4.78 is 38.6. The van der Waals surface area contributed by atoms with Crippen molar-refractivity contribution < 1.29 is 22.5 Å². The molecule has 4 rings (SSSR count). The number of amides is 1. The first-order valence-electron chi connectivity index (χ1n) is 10.7. The van der Waals surface area contributed by atoms with Gasteiger partial charge < -0.3 is 14.6 Å². The van der Waals surface area contributed by atoms with Crippen LogP contribution >= 0.6 is 11.3 Å². The predicted octanol–water partition coefficient (Wildman–Crippen LogP) is 3.85. The fourth-order valence-electron chi connectivity index (χ4n) is 3.79. The molecule has 1 atom stereocenters. The maximum atomic E-state index is 13.4. The fraction of sp³-hybridized carbons (Fsp3) is 0.409. The van der Waals surface area contributed by atoms with Gasteiger partial charge in [0.05, 0.1) is 22.3 Å². The predicted molar refractivity (Wildman–Crippen MR) is 125 cm³/mol. The van der Waals surface area contributed by atoms with Crippen molar-refractivity contribution in [3.8, 4) is 16.5 Å². The van der Waals surface area contributed by atoms with Gasteiger partial charge in [0.25, 0.3) is 0 Å². The lowest BCUT2D eigenvalue weighted by Gasteiger charge is -2.31. The van der Waals surface area contributed by atoms with E-state index >= 15 is 0 Å². The molecule has 0 aliphatic carbocycles. The molecule has 1 N–H and O–H groups in total. The molecule has 0 bridgehead atoms. The number of nitrogens with zero attached hydrogens (tertiary/aromatic N) is 3. The first-order valence-corrected chi connectivity index (χ1v) is 13.0. The van der Waals surface area contributed by atoms with Gasteiger partial charge >= 0.3 is 0 Å². The lowest BCUT2D eigenvalue weighted by molar-refractivity contribution is -0.120. The van der Waals surface area contributed by atoms with Gasteiger partial charge in [-0.2, -0.15) is 9.29 Å². The molecule has 3 heterocycles. The number of anilines is 1. The van der Waals surface area contributed by atoms with Crippen LogP contribution in [0.2, 0.25) is 0 Å². The van der Waals surface area contributed by atoms with E-state index in [1.54, 1.807) is 44.2 Å². The molecule has 1 saturated heterocycles. The number of thiophene rings is 1. The standard InChI is InChI=1S/C22H26N4O5S2/c1-4-30-18-9-7-17(8-10-18)24-22(27)16-6-5-11-26(13-16)33(28,29)20-12-19(32-14(20)2)21-23-15(3)31-25-21/h7-10,12,16H,4-6,11,13H2,1-3H3,(H,24,27)/t16-/m0/s1. The van der Waals surface area contributed by atoms with Gasteiger partial charge in [-0.1, -0.05) is 5.16 Å². The number of sulfonamides is 1. The third-order valence-corrected chi connectivity index (χ3v) is 8.59. The number of benzene rings is 1. The second-order valence-corrected chi connectivity index (χ2v) is 11.0. The molecule has 0 saturated carbocycles. The molecule has 0 spiro atoms. The van der Waals surface area contributed by atoms with Crippen molar-refractivity contribution in [1.82, 2.24) is 14.4 Å². The number of carbonyl (C=O) groups is 1. The fourth-order valence-corrected chi connectivity index (χ4v) is 6.80. The number of nitrogens with one attached hydrogen (secondary N) is 1. The van der Waals surface area contributed by atoms with Crippen LogP contribution in [-0.2, 0) is 14.8 Å². The van der Waals surface area contributed by atoms with Gasteiger partial charge in [-0.15, -0.1) is 11.3 Å². The highest BCUT2D eigenvalue weighted by Gasteiger charge is 2.35. The normalized spacial score (nSPS) is 17.1. The van der Waals surface area contributed by atoms with E-state index in [1.807, 2.05) is 6.92 Å². The number of aromatic nitrogens is 2. The Morgan fingerprint density at radius 2 is 2.06 bits per heavy atom. The summed E-state index contributed by atoms with van der Waals surface area (Å²) in [6.45, 7) is 6.42. The van der Waals surface area contributed by atoms with Crippen molar-refractivity contribution in [2.24, 2.45) is 5.92 Å². The second-order valence-electron chi connectivity index (χ2n) is 7.82. The van der Waals surface area contributed by atoms with Gasteiger partial charge in [0, 0.05) is 30.6 Å². The minimum Gasteiger partial charge on any atom is -0.494 e. The molecule has 1 aliphatic heterocycles. The summed E-state index contributed by atoms with van der Waals surface area (Å²) in [5.41, 5.74) is 0.650. The monoisotopic (exact) mass is 490 g/mol. The summed E-state index contributed by atoms with van der Waals surface area (Å²) in [6.07, 6.45) is 1.24. The highest BCUT2D eigenvalue weighted by atomic mass is 32.2. The van der Waals surface area contributed by atoms with Crippen LogP contribution in [0.4, 0.5) is 5.69 Å². The molecule has 3 aromatic rings. The molecule has 1 fully saturated rings. The van der Waals surface area contributed by atoms with Crippen molar-refractivity contribution in [3.63, 3.8) is 0 Å². The van der Waals surface area contributed by atoms with E-state index in [1.165, 1.54) is 15.6 Å². The average molecular weight is 491 g/mol. The smallest absolute Gasteiger partial charge is 0.244 e. The Labute approximate surface area is 196 Å². The molecule has 1 aliphatic rings. The van der Waals surface area contributed by atoms with Crippen molar-refractivity contribution in [2.75, 3.05) is 25.0 Å². The molecule has 33 heavy (non-hydrogen) atoms. The number of rotatable bonds is 7. The van der Waals surface area contributed by atoms with E-state index < -0.39 is 15.9 Å². The summed E-state index contributed by atoms with van der Waals surface area (Å²) in [7, 11) is -3.76. The third kappa shape index (κ3) is 5.10. The van der Waals surface area contributed by atoms with Crippen LogP contribution in [-0.4, -0.2) is 48.5 Å². The molecule has 11 heteroatoms. The zero-order chi connectivity index (χ0) is 23.6. The zero-order valence-electron chi connectivity index (χ0n) is 18.7. The Morgan fingerprint density at radius 3 is 2.73 bits per heavy atom. The largest absolute Gasteiger partial charge is 0.494 e. The van der Waals surface area contributed by atoms with E-state index in [0.717, 1.165) is 5.75 Å². The Hall–Kier alpha value is -2.76. The van der Waals surface area contributed by atoms with Crippen LogP contribution in [0.3, 0.4) is 0 Å². The topological polar surface area (TPSA) is 115 Å². The van der Waals surface area contributed by atoms with E-state index in [2.05, 4.69) is 15.5 Å². The van der Waals surface area contributed by atoms with Gasteiger partial charge in [-0.3, -0.25) is 4.79 Å². The molecular formula is C22H26N4O5S2. The average Bonchev–Trinajstić information content (AvgIpc) is 3.41. The van der Waals surface area contributed by atoms with Crippen molar-refractivity contribution >= 4 is 33.0 Å². The Bertz CT molecular complexity index is 1230. The van der Waals surface area contributed by atoms with E-state index in [4.69, 9.17) is 9.26 Å². The van der Waals surface area contributed by atoms with Crippen LogP contribution in [0.5, 0.6) is 5.75 Å². The van der Waals surface area contributed by atoms with Crippen molar-refractivity contribution in [1.29, 1.82) is 0 Å². The number of hydrogen-bond donors (Lipinski definition) is 1. The number of ether oxygens (including phenoxy) is 1. The molecule has 1 aromatic carbocycles. The third-order valence-electron chi connectivity index (χ3n) is 5.43. The van der Waals surface area contributed by atoms with Gasteiger partial charge in [0.1, 0.15) is 5.75 Å². The maximum absolute atomic E-state index is 13.4. The van der Waals surface area contributed by atoms with E-state index in [-0.39, 0.29) is 17.3 Å². The molecule has 2 aromatic heterocycles. The lowest BCUT2D eigenvalue weighted by Crippen LogP contribution is -2.43.